The molecule has 0 aliphatic carbocycles. The van der Waals surface area contributed by atoms with Crippen LogP contribution in [0.5, 0.6) is 0 Å². The molecule has 1 atom stereocenters. The molecule has 2 heterocycles. The van der Waals surface area contributed by atoms with E-state index in [0.717, 1.165) is 5.17 Å². The van der Waals surface area contributed by atoms with Crippen LogP contribution in [-0.2, 0) is 15.7 Å². The number of hydrogen-bond donors (Lipinski definition) is 2. The van der Waals surface area contributed by atoms with Crippen molar-refractivity contribution in [2.75, 3.05) is 18.8 Å². The van der Waals surface area contributed by atoms with Crippen molar-refractivity contribution in [1.29, 1.82) is 0 Å². The molecule has 0 saturated carbocycles. The third-order valence-electron chi connectivity index (χ3n) is 3.35. The van der Waals surface area contributed by atoms with Gasteiger partial charge in [0.05, 0.1) is 17.3 Å². The average molecular weight is 334 g/mol. The second-order valence-corrected chi connectivity index (χ2v) is 7.49. The predicted octanol–water partition coefficient (Wildman–Crippen LogP) is 0.551. The van der Waals surface area contributed by atoms with Crippen LogP contribution in [0.2, 0.25) is 5.02 Å². The number of halogens is 1. The lowest BCUT2D eigenvalue weighted by atomic mass is 10.0. The molecule has 2 aliphatic heterocycles. The minimum Gasteiger partial charge on any atom is -0.366 e. The number of nitrogens with zero attached hydrogens (tertiary/aromatic N) is 2. The number of sulfonamides is 1. The van der Waals surface area contributed by atoms with Crippen LogP contribution >= 0.6 is 23.4 Å². The van der Waals surface area contributed by atoms with Crippen LogP contribution in [0.25, 0.3) is 0 Å². The van der Waals surface area contributed by atoms with E-state index in [2.05, 4.69) is 4.99 Å². The van der Waals surface area contributed by atoms with Crippen molar-refractivity contribution < 1.29 is 13.5 Å². The van der Waals surface area contributed by atoms with Crippen LogP contribution in [0.3, 0.4) is 0 Å². The van der Waals surface area contributed by atoms with Gasteiger partial charge in [-0.25, -0.2) is 13.6 Å². The first-order valence-corrected chi connectivity index (χ1v) is 8.73. The minimum absolute atomic E-state index is 0.0424. The molecular weight excluding hydrogens is 322 g/mol. The van der Waals surface area contributed by atoms with Gasteiger partial charge in [0.2, 0.25) is 10.0 Å². The molecule has 108 valence electrons. The molecule has 3 N–H and O–H groups in total. The van der Waals surface area contributed by atoms with Gasteiger partial charge in [0.15, 0.2) is 10.9 Å². The molecule has 2 aliphatic rings. The van der Waals surface area contributed by atoms with Crippen LogP contribution < -0.4 is 5.14 Å². The van der Waals surface area contributed by atoms with Crippen molar-refractivity contribution >= 4 is 38.6 Å². The molecule has 0 amide bonds. The molecule has 0 spiro atoms. The van der Waals surface area contributed by atoms with E-state index in [-0.39, 0.29) is 9.92 Å². The minimum atomic E-state index is -3.93. The van der Waals surface area contributed by atoms with E-state index in [9.17, 15) is 13.5 Å². The molecule has 0 radical (unpaired) electrons. The van der Waals surface area contributed by atoms with Gasteiger partial charge >= 0.3 is 0 Å². The Morgan fingerprint density at radius 3 is 2.95 bits per heavy atom. The van der Waals surface area contributed by atoms with E-state index in [1.165, 1.54) is 23.9 Å². The Morgan fingerprint density at radius 2 is 2.25 bits per heavy atom. The van der Waals surface area contributed by atoms with Gasteiger partial charge in [-0.15, -0.1) is 0 Å². The predicted molar refractivity (Wildman–Crippen MR) is 78.2 cm³/mol. The van der Waals surface area contributed by atoms with Crippen LogP contribution in [0.1, 0.15) is 5.56 Å². The SMILES string of the molecule is NS(=O)(=O)c1cc(C2(O)CSC3=NCCN32)ccc1Cl. The summed E-state index contributed by atoms with van der Waals surface area (Å²) < 4.78 is 23.0. The smallest absolute Gasteiger partial charge is 0.239 e. The van der Waals surface area contributed by atoms with Gasteiger partial charge in [-0.2, -0.15) is 0 Å². The van der Waals surface area contributed by atoms with Gasteiger partial charge in [0.25, 0.3) is 0 Å². The third-order valence-corrected chi connectivity index (χ3v) is 5.90. The number of fused-ring (bicyclic) bond motifs is 1. The summed E-state index contributed by atoms with van der Waals surface area (Å²) in [5.41, 5.74) is -0.824. The van der Waals surface area contributed by atoms with Gasteiger partial charge in [-0.05, 0) is 12.1 Å². The lowest BCUT2D eigenvalue weighted by molar-refractivity contribution is -0.0427. The van der Waals surface area contributed by atoms with E-state index < -0.39 is 15.7 Å². The summed E-state index contributed by atoms with van der Waals surface area (Å²) in [6, 6.07) is 4.38. The number of primary sulfonamides is 1. The first-order chi connectivity index (χ1) is 9.32. The maximum Gasteiger partial charge on any atom is 0.239 e. The Bertz CT molecular complexity index is 707. The highest BCUT2D eigenvalue weighted by Gasteiger charge is 2.46. The quantitative estimate of drug-likeness (QED) is 0.824. The molecule has 9 heteroatoms. The normalized spacial score (nSPS) is 25.8. The number of thioether (sulfide) groups is 1. The molecular formula is C11H12ClN3O3S2. The van der Waals surface area contributed by atoms with E-state index in [4.69, 9.17) is 16.7 Å². The summed E-state index contributed by atoms with van der Waals surface area (Å²) in [5, 5.41) is 16.8. The largest absolute Gasteiger partial charge is 0.366 e. The monoisotopic (exact) mass is 333 g/mol. The maximum absolute atomic E-state index is 11.5. The van der Waals surface area contributed by atoms with Gasteiger partial charge in [0, 0.05) is 12.1 Å². The van der Waals surface area contributed by atoms with Gasteiger partial charge in [-0.3, -0.25) is 4.99 Å². The molecule has 1 unspecified atom stereocenters. The van der Waals surface area contributed by atoms with Crippen LogP contribution in [0.15, 0.2) is 28.1 Å². The summed E-state index contributed by atoms with van der Waals surface area (Å²) in [6.07, 6.45) is 0. The highest BCUT2D eigenvalue weighted by molar-refractivity contribution is 8.14. The Kier molecular flexibility index (Phi) is 3.26. The summed E-state index contributed by atoms with van der Waals surface area (Å²) in [6.45, 7) is 1.23. The zero-order valence-electron chi connectivity index (χ0n) is 10.3. The van der Waals surface area contributed by atoms with E-state index in [0.29, 0.717) is 24.4 Å². The second-order valence-electron chi connectivity index (χ2n) is 4.61. The Hall–Kier alpha value is -0.800. The van der Waals surface area contributed by atoms with Crippen LogP contribution in [0, 0.1) is 0 Å². The molecule has 3 rings (SSSR count). The summed E-state index contributed by atoms with van der Waals surface area (Å²) >= 11 is 7.31. The zero-order valence-corrected chi connectivity index (χ0v) is 12.7. The van der Waals surface area contributed by atoms with Crippen molar-refractivity contribution in [2.45, 2.75) is 10.6 Å². The van der Waals surface area contributed by atoms with E-state index in [1.54, 1.807) is 11.0 Å². The fourth-order valence-electron chi connectivity index (χ4n) is 2.35. The van der Waals surface area contributed by atoms with Crippen molar-refractivity contribution in [2.24, 2.45) is 10.1 Å². The average Bonchev–Trinajstić information content (AvgIpc) is 2.93. The molecule has 6 nitrogen and oxygen atoms in total. The van der Waals surface area contributed by atoms with Crippen molar-refractivity contribution in [3.63, 3.8) is 0 Å². The topological polar surface area (TPSA) is 96.0 Å². The van der Waals surface area contributed by atoms with Crippen LogP contribution in [0.4, 0.5) is 0 Å². The standard InChI is InChI=1S/C11H12ClN3O3S2/c12-8-2-1-7(5-9(8)20(13,17)18)11(16)6-19-10-14-3-4-15(10)11/h1-2,5,16H,3-4,6H2,(H2,13,17,18). The van der Waals surface area contributed by atoms with E-state index >= 15 is 0 Å². The summed E-state index contributed by atoms with van der Waals surface area (Å²) in [5.74, 6) is 0.386. The highest BCUT2D eigenvalue weighted by Crippen LogP contribution is 2.41. The Labute approximate surface area is 125 Å². The second kappa shape index (κ2) is 4.60. The number of amidine groups is 1. The Balaban J connectivity index is 2.10. The van der Waals surface area contributed by atoms with Crippen LogP contribution in [-0.4, -0.2) is 42.4 Å². The molecule has 1 saturated heterocycles. The molecule has 20 heavy (non-hydrogen) atoms. The summed E-state index contributed by atoms with van der Waals surface area (Å²) in [7, 11) is -3.93. The number of hydrogen-bond acceptors (Lipinski definition) is 6. The third kappa shape index (κ3) is 2.11. The number of rotatable bonds is 2. The van der Waals surface area contributed by atoms with Crippen molar-refractivity contribution in [3.8, 4) is 0 Å². The van der Waals surface area contributed by atoms with E-state index in [1.807, 2.05) is 0 Å². The van der Waals surface area contributed by atoms with Gasteiger partial charge in [-0.1, -0.05) is 29.4 Å². The fourth-order valence-corrected chi connectivity index (χ4v) is 4.65. The molecule has 1 aromatic carbocycles. The number of aliphatic hydroxyl groups is 1. The number of benzene rings is 1. The lowest BCUT2D eigenvalue weighted by Crippen LogP contribution is -2.44. The fraction of sp³-hybridized carbons (Fsp3) is 0.364. The zero-order chi connectivity index (χ0) is 14.5. The van der Waals surface area contributed by atoms with Gasteiger partial charge in [0.1, 0.15) is 4.90 Å². The summed E-state index contributed by atoms with van der Waals surface area (Å²) in [4.78, 5) is 5.87. The number of aliphatic imine (C=N–C) groups is 1. The molecule has 0 bridgehead atoms. The highest BCUT2D eigenvalue weighted by atomic mass is 35.5. The first-order valence-electron chi connectivity index (χ1n) is 5.82. The lowest BCUT2D eigenvalue weighted by Gasteiger charge is -2.32. The van der Waals surface area contributed by atoms with Gasteiger partial charge < -0.3 is 10.0 Å². The first kappa shape index (κ1) is 14.2. The Morgan fingerprint density at radius 1 is 1.50 bits per heavy atom. The van der Waals surface area contributed by atoms with Crippen molar-refractivity contribution in [3.05, 3.63) is 28.8 Å². The molecule has 0 aromatic heterocycles. The maximum atomic E-state index is 11.5. The molecule has 1 aromatic rings. The number of nitrogens with two attached hydrogens (primary N) is 1. The van der Waals surface area contributed by atoms with Crippen molar-refractivity contribution in [1.82, 2.24) is 4.90 Å². The molecule has 1 fully saturated rings.